The number of hydrogen-bond acceptors (Lipinski definition) is 4. The van der Waals surface area contributed by atoms with Crippen LogP contribution < -0.4 is 10.5 Å². The van der Waals surface area contributed by atoms with E-state index in [4.69, 9.17) is 16.0 Å². The minimum atomic E-state index is -0.792. The van der Waals surface area contributed by atoms with Crippen LogP contribution in [0, 0.1) is 5.82 Å². The Kier molecular flexibility index (Phi) is 5.07. The molecule has 2 amide bonds. The monoisotopic (exact) mass is 414 g/mol. The van der Waals surface area contributed by atoms with Gasteiger partial charge in [0.2, 0.25) is 5.91 Å². The van der Waals surface area contributed by atoms with E-state index in [9.17, 15) is 18.8 Å². The van der Waals surface area contributed by atoms with Gasteiger partial charge in [0, 0.05) is 24.0 Å². The number of nitrogens with zero attached hydrogens (tertiary/aromatic N) is 2. The van der Waals surface area contributed by atoms with Crippen LogP contribution >= 0.6 is 11.6 Å². The van der Waals surface area contributed by atoms with Gasteiger partial charge >= 0.3 is 5.63 Å². The van der Waals surface area contributed by atoms with Crippen LogP contribution in [-0.2, 0) is 4.79 Å². The van der Waals surface area contributed by atoms with Crippen LogP contribution in [0.3, 0.4) is 0 Å². The van der Waals surface area contributed by atoms with Gasteiger partial charge in [-0.2, -0.15) is 0 Å². The summed E-state index contributed by atoms with van der Waals surface area (Å²) in [5.41, 5.74) is -0.343. The van der Waals surface area contributed by atoms with Crippen molar-refractivity contribution in [2.75, 3.05) is 18.1 Å². The van der Waals surface area contributed by atoms with Crippen molar-refractivity contribution in [3.05, 3.63) is 75.4 Å². The molecule has 6 nitrogen and oxygen atoms in total. The topological polar surface area (TPSA) is 70.8 Å². The second kappa shape index (κ2) is 7.67. The summed E-state index contributed by atoms with van der Waals surface area (Å²) >= 11 is 5.89. The number of para-hydroxylation sites is 1. The first-order valence-electron chi connectivity index (χ1n) is 9.01. The summed E-state index contributed by atoms with van der Waals surface area (Å²) in [7, 11) is 0. The molecule has 2 heterocycles. The van der Waals surface area contributed by atoms with Gasteiger partial charge in [0.05, 0.1) is 5.02 Å². The molecule has 1 aromatic heterocycles. The highest BCUT2D eigenvalue weighted by atomic mass is 35.5. The summed E-state index contributed by atoms with van der Waals surface area (Å²) in [4.78, 5) is 40.6. The van der Waals surface area contributed by atoms with Crippen LogP contribution in [0.5, 0.6) is 0 Å². The van der Waals surface area contributed by atoms with Gasteiger partial charge in [-0.15, -0.1) is 0 Å². The Morgan fingerprint density at radius 2 is 1.97 bits per heavy atom. The zero-order chi connectivity index (χ0) is 20.5. The standard InChI is InChI=1S/C21H16ClFN2O4/c22-16-11-14(7-8-17(16)23)25(12-24-9-3-6-19(24)26)20(27)15-10-13-4-1-2-5-18(13)29-21(15)28/h1-2,4-5,7-8,10-11H,3,6,9,12H2. The van der Waals surface area contributed by atoms with Crippen LogP contribution in [0.25, 0.3) is 11.0 Å². The lowest BCUT2D eigenvalue weighted by molar-refractivity contribution is -0.127. The molecule has 8 heteroatoms. The van der Waals surface area contributed by atoms with E-state index >= 15 is 0 Å². The molecule has 0 saturated carbocycles. The maximum Gasteiger partial charge on any atom is 0.349 e. The average molecular weight is 415 g/mol. The Hall–Kier alpha value is -3.19. The third-order valence-corrected chi connectivity index (χ3v) is 5.10. The predicted octanol–water partition coefficient (Wildman–Crippen LogP) is 3.81. The van der Waals surface area contributed by atoms with Gasteiger partial charge in [-0.3, -0.25) is 14.5 Å². The Balaban J connectivity index is 1.78. The van der Waals surface area contributed by atoms with Gasteiger partial charge in [0.15, 0.2) is 0 Å². The number of benzene rings is 2. The summed E-state index contributed by atoms with van der Waals surface area (Å²) in [6.45, 7) is 0.412. The zero-order valence-electron chi connectivity index (χ0n) is 15.2. The molecule has 0 aliphatic carbocycles. The third kappa shape index (κ3) is 3.73. The predicted molar refractivity (Wildman–Crippen MR) is 107 cm³/mol. The van der Waals surface area contributed by atoms with Crippen molar-refractivity contribution in [2.45, 2.75) is 12.8 Å². The number of carbonyl (C=O) groups is 2. The lowest BCUT2D eigenvalue weighted by Crippen LogP contribution is -2.43. The van der Waals surface area contributed by atoms with Gasteiger partial charge in [0.1, 0.15) is 23.6 Å². The van der Waals surface area contributed by atoms with E-state index in [-0.39, 0.29) is 28.8 Å². The van der Waals surface area contributed by atoms with Crippen molar-refractivity contribution in [1.82, 2.24) is 4.90 Å². The molecular weight excluding hydrogens is 399 g/mol. The van der Waals surface area contributed by atoms with E-state index in [1.54, 1.807) is 24.3 Å². The van der Waals surface area contributed by atoms with Gasteiger partial charge in [-0.1, -0.05) is 29.8 Å². The van der Waals surface area contributed by atoms with Gasteiger partial charge in [-0.05, 0) is 36.8 Å². The SMILES string of the molecule is O=C1CCCN1CN(C(=O)c1cc2ccccc2oc1=O)c1ccc(F)c(Cl)c1. The Morgan fingerprint density at radius 3 is 2.69 bits per heavy atom. The molecule has 3 aromatic rings. The highest BCUT2D eigenvalue weighted by Gasteiger charge is 2.28. The summed E-state index contributed by atoms with van der Waals surface area (Å²) < 4.78 is 18.9. The first kappa shape index (κ1) is 19.1. The van der Waals surface area contributed by atoms with Crippen molar-refractivity contribution >= 4 is 40.1 Å². The number of hydrogen-bond donors (Lipinski definition) is 0. The van der Waals surface area contributed by atoms with E-state index < -0.39 is 17.3 Å². The van der Waals surface area contributed by atoms with Crippen molar-refractivity contribution in [2.24, 2.45) is 0 Å². The number of amides is 2. The number of fused-ring (bicyclic) bond motifs is 1. The Bertz CT molecular complexity index is 1180. The van der Waals surface area contributed by atoms with Crippen molar-refractivity contribution in [3.8, 4) is 0 Å². The molecule has 0 spiro atoms. The summed E-state index contributed by atoms with van der Waals surface area (Å²) in [5.74, 6) is -1.39. The molecule has 0 radical (unpaired) electrons. The number of carbonyl (C=O) groups excluding carboxylic acids is 2. The van der Waals surface area contributed by atoms with Crippen LogP contribution in [0.2, 0.25) is 5.02 Å². The fraction of sp³-hybridized carbons (Fsp3) is 0.190. The number of anilines is 1. The summed E-state index contributed by atoms with van der Waals surface area (Å²) in [5, 5.41) is 0.420. The van der Waals surface area contributed by atoms with E-state index in [0.29, 0.717) is 30.4 Å². The minimum Gasteiger partial charge on any atom is -0.422 e. The fourth-order valence-corrected chi connectivity index (χ4v) is 3.47. The third-order valence-electron chi connectivity index (χ3n) is 4.82. The quantitative estimate of drug-likeness (QED) is 0.609. The summed E-state index contributed by atoms with van der Waals surface area (Å²) in [6, 6.07) is 12.1. The molecule has 2 aromatic carbocycles. The number of rotatable bonds is 4. The molecular formula is C21H16ClFN2O4. The number of likely N-dealkylation sites (tertiary alicyclic amines) is 1. The average Bonchev–Trinajstić information content (AvgIpc) is 3.12. The molecule has 0 bridgehead atoms. The van der Waals surface area contributed by atoms with Crippen LogP contribution in [-0.4, -0.2) is 29.9 Å². The zero-order valence-corrected chi connectivity index (χ0v) is 16.0. The van der Waals surface area contributed by atoms with Gasteiger partial charge < -0.3 is 9.32 Å². The molecule has 1 aliphatic heterocycles. The molecule has 1 fully saturated rings. The minimum absolute atomic E-state index is 0.0775. The highest BCUT2D eigenvalue weighted by Crippen LogP contribution is 2.25. The van der Waals surface area contributed by atoms with Gasteiger partial charge in [0.25, 0.3) is 5.91 Å². The maximum absolute atomic E-state index is 13.6. The van der Waals surface area contributed by atoms with Crippen LogP contribution in [0.1, 0.15) is 23.2 Å². The molecule has 1 saturated heterocycles. The Morgan fingerprint density at radius 1 is 1.17 bits per heavy atom. The van der Waals surface area contributed by atoms with E-state index in [2.05, 4.69) is 0 Å². The van der Waals surface area contributed by atoms with E-state index in [1.165, 1.54) is 28.0 Å². The van der Waals surface area contributed by atoms with Crippen molar-refractivity contribution in [3.63, 3.8) is 0 Å². The first-order chi connectivity index (χ1) is 13.9. The van der Waals surface area contributed by atoms with E-state index in [1.807, 2.05) is 0 Å². The van der Waals surface area contributed by atoms with Gasteiger partial charge in [-0.25, -0.2) is 9.18 Å². The summed E-state index contributed by atoms with van der Waals surface area (Å²) in [6.07, 6.45) is 1.08. The normalized spacial score (nSPS) is 13.9. The second-order valence-corrected chi connectivity index (χ2v) is 7.13. The molecule has 4 rings (SSSR count). The van der Waals surface area contributed by atoms with E-state index in [0.717, 1.165) is 6.07 Å². The molecule has 0 atom stereocenters. The fourth-order valence-electron chi connectivity index (χ4n) is 3.30. The second-order valence-electron chi connectivity index (χ2n) is 6.72. The molecule has 29 heavy (non-hydrogen) atoms. The Labute approximate surface area is 170 Å². The molecule has 1 aliphatic rings. The molecule has 0 unspecified atom stereocenters. The van der Waals surface area contributed by atoms with Crippen LogP contribution in [0.15, 0.2) is 57.7 Å². The molecule has 148 valence electrons. The first-order valence-corrected chi connectivity index (χ1v) is 9.39. The lowest BCUT2D eigenvalue weighted by Gasteiger charge is -2.28. The number of halogens is 2. The molecule has 0 N–H and O–H groups in total. The van der Waals surface area contributed by atoms with Crippen molar-refractivity contribution in [1.29, 1.82) is 0 Å². The smallest absolute Gasteiger partial charge is 0.349 e. The lowest BCUT2D eigenvalue weighted by atomic mass is 10.1. The largest absolute Gasteiger partial charge is 0.422 e. The maximum atomic E-state index is 13.6. The van der Waals surface area contributed by atoms with Crippen molar-refractivity contribution < 1.29 is 18.4 Å². The van der Waals surface area contributed by atoms with Crippen LogP contribution in [0.4, 0.5) is 10.1 Å². The highest BCUT2D eigenvalue weighted by molar-refractivity contribution is 6.31.